The van der Waals surface area contributed by atoms with E-state index in [1.54, 1.807) is 13.0 Å². The Balaban J connectivity index is 1.64. The van der Waals surface area contributed by atoms with Gasteiger partial charge in [0.05, 0.1) is 24.0 Å². The average Bonchev–Trinajstić information content (AvgIpc) is 3.15. The van der Waals surface area contributed by atoms with Crippen LogP contribution in [0.1, 0.15) is 40.4 Å². The molecule has 0 saturated carbocycles. The van der Waals surface area contributed by atoms with Gasteiger partial charge in [-0.05, 0) is 17.2 Å². The number of hydrogen-bond donors (Lipinski definition) is 1. The highest BCUT2D eigenvalue weighted by Gasteiger charge is 2.47. The van der Waals surface area contributed by atoms with Crippen molar-refractivity contribution in [1.82, 2.24) is 20.4 Å². The maximum Gasteiger partial charge on any atom is 0.253 e. The minimum absolute atomic E-state index is 0.0868. The van der Waals surface area contributed by atoms with E-state index in [9.17, 15) is 9.59 Å². The standard InChI is InChI=1S/C18H18N4O2/c1-11(23)22-9-15-13-4-2-3-5-14(13)17(16(15)10-22)21-18(24)12-6-7-19-20-8-12/h2-8,15-17H,9-10H2,1H3,(H,21,24)/t15-,16-,17+/m0/s1. The maximum atomic E-state index is 12.6. The summed E-state index contributed by atoms with van der Waals surface area (Å²) in [5.41, 5.74) is 2.89. The predicted octanol–water partition coefficient (Wildman–Crippen LogP) is 1.52. The third kappa shape index (κ3) is 2.35. The van der Waals surface area contributed by atoms with Gasteiger partial charge in [-0.3, -0.25) is 9.59 Å². The molecule has 24 heavy (non-hydrogen) atoms. The lowest BCUT2D eigenvalue weighted by Crippen LogP contribution is -2.34. The number of carbonyl (C=O) groups excluding carboxylic acids is 2. The molecule has 1 aromatic carbocycles. The number of amides is 2. The highest BCUT2D eigenvalue weighted by molar-refractivity contribution is 5.94. The number of nitrogens with zero attached hydrogens (tertiary/aromatic N) is 3. The molecule has 0 radical (unpaired) electrons. The van der Waals surface area contributed by atoms with Gasteiger partial charge in [0.1, 0.15) is 0 Å². The van der Waals surface area contributed by atoms with Crippen LogP contribution >= 0.6 is 0 Å². The Labute approximate surface area is 139 Å². The fourth-order valence-electron chi connectivity index (χ4n) is 3.95. The summed E-state index contributed by atoms with van der Waals surface area (Å²) < 4.78 is 0. The summed E-state index contributed by atoms with van der Waals surface area (Å²) in [7, 11) is 0. The Hall–Kier alpha value is -2.76. The molecular weight excluding hydrogens is 304 g/mol. The van der Waals surface area contributed by atoms with Gasteiger partial charge >= 0.3 is 0 Å². The molecule has 3 atom stereocenters. The fourth-order valence-corrected chi connectivity index (χ4v) is 3.95. The van der Waals surface area contributed by atoms with Crippen LogP contribution in [0.15, 0.2) is 42.7 Å². The van der Waals surface area contributed by atoms with Gasteiger partial charge < -0.3 is 10.2 Å². The van der Waals surface area contributed by atoms with Gasteiger partial charge in [0.25, 0.3) is 5.91 Å². The number of hydrogen-bond acceptors (Lipinski definition) is 4. The van der Waals surface area contributed by atoms with Gasteiger partial charge in [0, 0.05) is 31.8 Å². The molecule has 4 rings (SSSR count). The average molecular weight is 322 g/mol. The monoisotopic (exact) mass is 322 g/mol. The molecule has 2 aliphatic rings. The first kappa shape index (κ1) is 14.8. The van der Waals surface area contributed by atoms with Crippen molar-refractivity contribution >= 4 is 11.8 Å². The zero-order chi connectivity index (χ0) is 16.7. The summed E-state index contributed by atoms with van der Waals surface area (Å²) in [6, 6.07) is 9.75. The highest BCUT2D eigenvalue weighted by atomic mass is 16.2. The fraction of sp³-hybridized carbons (Fsp3) is 0.333. The van der Waals surface area contributed by atoms with Crippen molar-refractivity contribution in [2.24, 2.45) is 5.92 Å². The lowest BCUT2D eigenvalue weighted by molar-refractivity contribution is -0.128. The topological polar surface area (TPSA) is 75.2 Å². The molecule has 122 valence electrons. The van der Waals surface area contributed by atoms with Crippen molar-refractivity contribution in [3.63, 3.8) is 0 Å². The molecular formula is C18H18N4O2. The highest BCUT2D eigenvalue weighted by Crippen LogP contribution is 2.49. The van der Waals surface area contributed by atoms with E-state index in [1.165, 1.54) is 18.0 Å². The van der Waals surface area contributed by atoms with E-state index in [0.717, 1.165) is 12.1 Å². The van der Waals surface area contributed by atoms with E-state index in [1.807, 2.05) is 17.0 Å². The van der Waals surface area contributed by atoms with E-state index in [4.69, 9.17) is 0 Å². The molecule has 1 saturated heterocycles. The molecule has 1 aromatic heterocycles. The second-order valence-corrected chi connectivity index (χ2v) is 6.41. The molecule has 2 heterocycles. The molecule has 0 spiro atoms. The van der Waals surface area contributed by atoms with Gasteiger partial charge in [-0.25, -0.2) is 0 Å². The number of aromatic nitrogens is 2. The lowest BCUT2D eigenvalue weighted by atomic mass is 9.94. The first-order chi connectivity index (χ1) is 11.6. The van der Waals surface area contributed by atoms with Gasteiger partial charge in [-0.1, -0.05) is 24.3 Å². The largest absolute Gasteiger partial charge is 0.345 e. The summed E-state index contributed by atoms with van der Waals surface area (Å²) >= 11 is 0. The second kappa shape index (κ2) is 5.70. The van der Waals surface area contributed by atoms with Crippen LogP contribution in [-0.2, 0) is 4.79 Å². The molecule has 0 bridgehead atoms. The van der Waals surface area contributed by atoms with Gasteiger partial charge in [-0.15, -0.1) is 0 Å². The Kier molecular flexibility index (Phi) is 3.52. The maximum absolute atomic E-state index is 12.6. The summed E-state index contributed by atoms with van der Waals surface area (Å²) in [5.74, 6) is 0.424. The molecule has 6 nitrogen and oxygen atoms in total. The molecule has 2 amide bonds. The zero-order valence-corrected chi connectivity index (χ0v) is 13.3. The van der Waals surface area contributed by atoms with Crippen molar-refractivity contribution in [1.29, 1.82) is 0 Å². The third-order valence-corrected chi connectivity index (χ3v) is 5.10. The lowest BCUT2D eigenvalue weighted by Gasteiger charge is -2.22. The third-order valence-electron chi connectivity index (χ3n) is 5.10. The summed E-state index contributed by atoms with van der Waals surface area (Å²) in [4.78, 5) is 26.2. The van der Waals surface area contributed by atoms with Crippen LogP contribution in [-0.4, -0.2) is 40.0 Å². The number of carbonyl (C=O) groups is 2. The first-order valence-corrected chi connectivity index (χ1v) is 8.07. The van der Waals surface area contributed by atoms with Crippen LogP contribution < -0.4 is 5.32 Å². The van der Waals surface area contributed by atoms with Crippen molar-refractivity contribution in [2.45, 2.75) is 18.9 Å². The minimum Gasteiger partial charge on any atom is -0.345 e. The Bertz CT molecular complexity index is 793. The quantitative estimate of drug-likeness (QED) is 0.910. The SMILES string of the molecule is CC(=O)N1C[C@@H]2[C@H](NC(=O)c3ccnnc3)c3ccccc3[C@@H]2C1. The van der Waals surface area contributed by atoms with E-state index in [0.29, 0.717) is 12.1 Å². The van der Waals surface area contributed by atoms with Crippen LogP contribution in [0.3, 0.4) is 0 Å². The first-order valence-electron chi connectivity index (χ1n) is 8.07. The van der Waals surface area contributed by atoms with Crippen molar-refractivity contribution in [3.05, 3.63) is 59.4 Å². The number of likely N-dealkylation sites (tertiary alicyclic amines) is 1. The molecule has 1 aliphatic heterocycles. The normalized spacial score (nSPS) is 24.4. The Morgan fingerprint density at radius 2 is 1.92 bits per heavy atom. The van der Waals surface area contributed by atoms with E-state index < -0.39 is 0 Å². The Morgan fingerprint density at radius 3 is 2.62 bits per heavy atom. The molecule has 1 aliphatic carbocycles. The number of nitrogens with one attached hydrogen (secondary N) is 1. The summed E-state index contributed by atoms with van der Waals surface area (Å²) in [5, 5.41) is 10.6. The van der Waals surface area contributed by atoms with Crippen LogP contribution in [0.2, 0.25) is 0 Å². The van der Waals surface area contributed by atoms with Crippen molar-refractivity contribution in [2.75, 3.05) is 13.1 Å². The van der Waals surface area contributed by atoms with Crippen LogP contribution in [0.5, 0.6) is 0 Å². The van der Waals surface area contributed by atoms with Crippen LogP contribution in [0.4, 0.5) is 0 Å². The molecule has 1 N–H and O–H groups in total. The van der Waals surface area contributed by atoms with Gasteiger partial charge in [-0.2, -0.15) is 10.2 Å². The molecule has 1 fully saturated rings. The van der Waals surface area contributed by atoms with E-state index >= 15 is 0 Å². The zero-order valence-electron chi connectivity index (χ0n) is 13.3. The number of rotatable bonds is 2. The van der Waals surface area contributed by atoms with Gasteiger partial charge in [0.2, 0.25) is 5.91 Å². The van der Waals surface area contributed by atoms with Gasteiger partial charge in [0.15, 0.2) is 0 Å². The van der Waals surface area contributed by atoms with Crippen LogP contribution in [0, 0.1) is 5.92 Å². The van der Waals surface area contributed by atoms with Crippen molar-refractivity contribution in [3.8, 4) is 0 Å². The minimum atomic E-state index is -0.161. The van der Waals surface area contributed by atoms with E-state index in [-0.39, 0.29) is 29.7 Å². The number of benzene rings is 1. The summed E-state index contributed by atoms with van der Waals surface area (Å²) in [6.07, 6.45) is 2.97. The second-order valence-electron chi connectivity index (χ2n) is 6.41. The smallest absolute Gasteiger partial charge is 0.253 e. The number of fused-ring (bicyclic) bond motifs is 3. The molecule has 2 aromatic rings. The molecule has 0 unspecified atom stereocenters. The molecule has 6 heteroatoms. The van der Waals surface area contributed by atoms with Crippen LogP contribution in [0.25, 0.3) is 0 Å². The Morgan fingerprint density at radius 1 is 1.12 bits per heavy atom. The summed E-state index contributed by atoms with van der Waals surface area (Å²) in [6.45, 7) is 3.00. The predicted molar refractivity (Wildman–Crippen MR) is 87.2 cm³/mol. The van der Waals surface area contributed by atoms with E-state index in [2.05, 4.69) is 27.6 Å². The van der Waals surface area contributed by atoms with Crippen molar-refractivity contribution < 1.29 is 9.59 Å².